The van der Waals surface area contributed by atoms with Crippen molar-refractivity contribution in [1.82, 2.24) is 5.32 Å². The van der Waals surface area contributed by atoms with E-state index in [9.17, 15) is 4.79 Å². The van der Waals surface area contributed by atoms with Crippen LogP contribution >= 0.6 is 0 Å². The topological polar surface area (TPSA) is 95.9 Å². The molecule has 0 aliphatic heterocycles. The molecule has 0 radical (unpaired) electrons. The third kappa shape index (κ3) is 34.4. The van der Waals surface area contributed by atoms with Gasteiger partial charge >= 0.3 is 0 Å². The highest BCUT2D eigenvalue weighted by atomic mass is 16.5. The molecule has 3 N–H and O–H groups in total. The van der Waals surface area contributed by atoms with Crippen LogP contribution in [0.25, 0.3) is 0 Å². The van der Waals surface area contributed by atoms with Crippen LogP contribution in [0.5, 0.6) is 0 Å². The van der Waals surface area contributed by atoms with Crippen LogP contribution in [0.2, 0.25) is 0 Å². The van der Waals surface area contributed by atoms with E-state index >= 15 is 0 Å². The molecule has 0 aromatic carbocycles. The highest BCUT2D eigenvalue weighted by molar-refractivity contribution is 5.75. The van der Waals surface area contributed by atoms with Crippen molar-refractivity contribution in [3.05, 3.63) is 0 Å². The molecule has 0 saturated carbocycles. The average molecular weight is 432 g/mol. The lowest BCUT2D eigenvalue weighted by Gasteiger charge is -2.06. The monoisotopic (exact) mass is 431 g/mol. The fourth-order valence-electron chi connectivity index (χ4n) is 3.17. The van der Waals surface area contributed by atoms with E-state index < -0.39 is 5.97 Å². The standard InChI is InChI=1S/C22H45NO3.C2H4O2/c1-2-3-4-5-6-7-8-9-10-11-12-13-14-15-16-17-22(25)23-18-20-26-21-19-24;1-2(3)4/h24H,2-21H2,1H3,(H,23,25);1H3,(H,3,4). The minimum Gasteiger partial charge on any atom is -0.481 e. The van der Waals surface area contributed by atoms with E-state index in [0.29, 0.717) is 26.2 Å². The third-order valence-corrected chi connectivity index (χ3v) is 4.81. The van der Waals surface area contributed by atoms with Gasteiger partial charge in [0, 0.05) is 19.9 Å². The lowest BCUT2D eigenvalue weighted by atomic mass is 10.0. The van der Waals surface area contributed by atoms with Gasteiger partial charge in [-0.2, -0.15) is 0 Å². The van der Waals surface area contributed by atoms with Crippen molar-refractivity contribution in [2.75, 3.05) is 26.4 Å². The van der Waals surface area contributed by atoms with Crippen molar-refractivity contribution >= 4 is 11.9 Å². The Kier molecular flexibility index (Phi) is 28.8. The molecular formula is C24H49NO5. The second-order valence-corrected chi connectivity index (χ2v) is 7.90. The number of amides is 1. The molecule has 0 bridgehead atoms. The number of carbonyl (C=O) groups is 2. The Bertz CT molecular complexity index is 360. The predicted molar refractivity (Wildman–Crippen MR) is 124 cm³/mol. The van der Waals surface area contributed by atoms with Crippen molar-refractivity contribution in [2.45, 2.75) is 117 Å². The van der Waals surface area contributed by atoms with Gasteiger partial charge in [0.25, 0.3) is 5.97 Å². The summed E-state index contributed by atoms with van der Waals surface area (Å²) in [6.07, 6.45) is 20.8. The molecule has 180 valence electrons. The van der Waals surface area contributed by atoms with Crippen LogP contribution in [0, 0.1) is 0 Å². The predicted octanol–water partition coefficient (Wildman–Crippen LogP) is 5.46. The normalized spacial score (nSPS) is 10.4. The van der Waals surface area contributed by atoms with Gasteiger partial charge < -0.3 is 20.3 Å². The Morgan fingerprint density at radius 2 is 1.13 bits per heavy atom. The van der Waals surface area contributed by atoms with E-state index in [-0.39, 0.29) is 12.5 Å². The summed E-state index contributed by atoms with van der Waals surface area (Å²) in [7, 11) is 0. The molecule has 0 spiro atoms. The highest BCUT2D eigenvalue weighted by Gasteiger charge is 2.00. The van der Waals surface area contributed by atoms with Crippen LogP contribution in [0.4, 0.5) is 0 Å². The Morgan fingerprint density at radius 1 is 0.733 bits per heavy atom. The molecule has 0 heterocycles. The van der Waals surface area contributed by atoms with Gasteiger partial charge in [-0.1, -0.05) is 96.8 Å². The maximum Gasteiger partial charge on any atom is 0.300 e. The van der Waals surface area contributed by atoms with Crippen LogP contribution in [-0.4, -0.2) is 48.5 Å². The molecule has 30 heavy (non-hydrogen) atoms. The Balaban J connectivity index is 0. The summed E-state index contributed by atoms with van der Waals surface area (Å²) in [5.74, 6) is -0.715. The molecule has 1 amide bonds. The Hall–Kier alpha value is -1.14. The summed E-state index contributed by atoms with van der Waals surface area (Å²) in [5.41, 5.74) is 0. The van der Waals surface area contributed by atoms with Gasteiger partial charge in [-0.05, 0) is 6.42 Å². The van der Waals surface area contributed by atoms with Gasteiger partial charge in [0.05, 0.1) is 19.8 Å². The summed E-state index contributed by atoms with van der Waals surface area (Å²) >= 11 is 0. The summed E-state index contributed by atoms with van der Waals surface area (Å²) in [4.78, 5) is 20.6. The third-order valence-electron chi connectivity index (χ3n) is 4.81. The van der Waals surface area contributed by atoms with Gasteiger partial charge in [0.2, 0.25) is 5.91 Å². The first-order valence-corrected chi connectivity index (χ1v) is 12.2. The number of unbranched alkanes of at least 4 members (excludes halogenated alkanes) is 14. The van der Waals surface area contributed by atoms with E-state index in [1.807, 2.05) is 0 Å². The van der Waals surface area contributed by atoms with E-state index in [0.717, 1.165) is 19.8 Å². The zero-order valence-corrected chi connectivity index (χ0v) is 19.8. The van der Waals surface area contributed by atoms with Gasteiger partial charge in [0.15, 0.2) is 0 Å². The molecule has 0 aromatic heterocycles. The maximum atomic E-state index is 11.6. The SMILES string of the molecule is CC(=O)O.CCCCCCCCCCCCCCCCCC(=O)NCCOCCO. The Labute approximate surface area is 185 Å². The average Bonchev–Trinajstić information content (AvgIpc) is 2.70. The molecule has 6 heteroatoms. The van der Waals surface area contributed by atoms with Crippen LogP contribution < -0.4 is 5.32 Å². The van der Waals surface area contributed by atoms with Crippen LogP contribution in [-0.2, 0) is 14.3 Å². The first-order chi connectivity index (χ1) is 14.5. The first kappa shape index (κ1) is 31.0. The minimum absolute atomic E-state index is 0.0348. The van der Waals surface area contributed by atoms with Gasteiger partial charge in [-0.3, -0.25) is 9.59 Å². The molecule has 0 rings (SSSR count). The van der Waals surface area contributed by atoms with E-state index in [1.54, 1.807) is 0 Å². The molecule has 0 aliphatic carbocycles. The van der Waals surface area contributed by atoms with Crippen LogP contribution in [0.1, 0.15) is 117 Å². The molecule has 0 unspecified atom stereocenters. The molecule has 0 aliphatic rings. The number of carbonyl (C=O) groups excluding carboxylic acids is 1. The number of aliphatic hydroxyl groups is 1. The second-order valence-electron chi connectivity index (χ2n) is 7.90. The fraction of sp³-hybridized carbons (Fsp3) is 0.917. The number of ether oxygens (including phenoxy) is 1. The quantitative estimate of drug-likeness (QED) is 0.210. The molecular weight excluding hydrogens is 382 g/mol. The van der Waals surface area contributed by atoms with Crippen molar-refractivity contribution in [3.63, 3.8) is 0 Å². The number of nitrogens with one attached hydrogen (secondary N) is 1. The highest BCUT2D eigenvalue weighted by Crippen LogP contribution is 2.13. The summed E-state index contributed by atoms with van der Waals surface area (Å²) < 4.78 is 5.10. The molecule has 0 atom stereocenters. The van der Waals surface area contributed by atoms with Gasteiger partial charge in [0.1, 0.15) is 0 Å². The molecule has 0 fully saturated rings. The van der Waals surface area contributed by atoms with Gasteiger partial charge in [-0.15, -0.1) is 0 Å². The summed E-state index contributed by atoms with van der Waals surface area (Å²) in [5, 5.41) is 18.8. The zero-order valence-electron chi connectivity index (χ0n) is 19.8. The van der Waals surface area contributed by atoms with E-state index in [4.69, 9.17) is 19.7 Å². The number of hydrogen-bond acceptors (Lipinski definition) is 4. The van der Waals surface area contributed by atoms with Crippen LogP contribution in [0.15, 0.2) is 0 Å². The lowest BCUT2D eigenvalue weighted by Crippen LogP contribution is -2.27. The molecule has 0 aromatic rings. The van der Waals surface area contributed by atoms with Crippen molar-refractivity contribution in [3.8, 4) is 0 Å². The summed E-state index contributed by atoms with van der Waals surface area (Å²) in [6, 6.07) is 0. The lowest BCUT2D eigenvalue weighted by molar-refractivity contribution is -0.134. The van der Waals surface area contributed by atoms with E-state index in [2.05, 4.69) is 12.2 Å². The van der Waals surface area contributed by atoms with Crippen molar-refractivity contribution in [2.24, 2.45) is 0 Å². The Morgan fingerprint density at radius 3 is 1.53 bits per heavy atom. The number of carboxylic acid groups (broad SMARTS) is 1. The van der Waals surface area contributed by atoms with Gasteiger partial charge in [-0.25, -0.2) is 0 Å². The number of aliphatic carboxylic acids is 1. The smallest absolute Gasteiger partial charge is 0.300 e. The zero-order chi connectivity index (χ0) is 22.7. The van der Waals surface area contributed by atoms with Crippen molar-refractivity contribution in [1.29, 1.82) is 0 Å². The fourth-order valence-corrected chi connectivity index (χ4v) is 3.17. The number of rotatable bonds is 21. The van der Waals surface area contributed by atoms with Crippen LogP contribution in [0.3, 0.4) is 0 Å². The minimum atomic E-state index is -0.833. The van der Waals surface area contributed by atoms with Crippen molar-refractivity contribution < 1.29 is 24.5 Å². The number of carboxylic acids is 1. The second kappa shape index (κ2) is 27.9. The van der Waals surface area contributed by atoms with E-state index in [1.165, 1.54) is 83.5 Å². The molecule has 0 saturated heterocycles. The molecule has 6 nitrogen and oxygen atoms in total. The maximum absolute atomic E-state index is 11.6. The first-order valence-electron chi connectivity index (χ1n) is 12.2. The number of hydrogen-bond donors (Lipinski definition) is 3. The number of aliphatic hydroxyl groups excluding tert-OH is 1. The summed E-state index contributed by atoms with van der Waals surface area (Å²) in [6.45, 7) is 4.75. The largest absolute Gasteiger partial charge is 0.481 e.